The lowest BCUT2D eigenvalue weighted by molar-refractivity contribution is -0.151. The molecular formula is C24H29NO5. The number of ether oxygens (including phenoxy) is 2. The molecule has 0 bridgehead atoms. The number of esters is 2. The van der Waals surface area contributed by atoms with Crippen LogP contribution in [-0.2, 0) is 23.9 Å². The maximum atomic E-state index is 13.6. The minimum Gasteiger partial charge on any atom is -0.468 e. The van der Waals surface area contributed by atoms with Crippen LogP contribution in [0.3, 0.4) is 0 Å². The van der Waals surface area contributed by atoms with Crippen molar-refractivity contribution in [2.24, 2.45) is 11.8 Å². The van der Waals surface area contributed by atoms with Gasteiger partial charge >= 0.3 is 11.9 Å². The highest BCUT2D eigenvalue weighted by molar-refractivity contribution is 6.12. The number of Topliss-reactive ketones (excluding diaryl/α,β-unsaturated/α-hetero) is 1. The number of dihydropyridines is 1. The fourth-order valence-electron chi connectivity index (χ4n) is 4.45. The Morgan fingerprint density at radius 3 is 2.43 bits per heavy atom. The maximum Gasteiger partial charge on any atom is 0.337 e. The van der Waals surface area contributed by atoms with E-state index in [9.17, 15) is 14.4 Å². The Bertz CT molecular complexity index is 956. The molecule has 0 saturated carbocycles. The van der Waals surface area contributed by atoms with Gasteiger partial charge in [0.05, 0.1) is 18.8 Å². The van der Waals surface area contributed by atoms with Crippen molar-refractivity contribution in [3.05, 3.63) is 57.9 Å². The summed E-state index contributed by atoms with van der Waals surface area (Å²) in [5, 5.41) is 3.27. The molecule has 30 heavy (non-hydrogen) atoms. The van der Waals surface area contributed by atoms with E-state index in [0.29, 0.717) is 23.3 Å². The first-order chi connectivity index (χ1) is 14.2. The molecule has 0 unspecified atom stereocenters. The van der Waals surface area contributed by atoms with Crippen molar-refractivity contribution in [2.75, 3.05) is 7.11 Å². The van der Waals surface area contributed by atoms with Gasteiger partial charge in [-0.15, -0.1) is 0 Å². The van der Waals surface area contributed by atoms with Crippen LogP contribution in [0.1, 0.15) is 51.2 Å². The summed E-state index contributed by atoms with van der Waals surface area (Å²) in [6, 6.07) is 7.68. The van der Waals surface area contributed by atoms with E-state index in [1.54, 1.807) is 13.8 Å². The molecule has 6 heteroatoms. The molecule has 0 fully saturated rings. The Labute approximate surface area is 177 Å². The molecule has 1 aliphatic carbocycles. The molecular weight excluding hydrogens is 382 g/mol. The van der Waals surface area contributed by atoms with Crippen LogP contribution in [0.15, 0.2) is 46.8 Å². The lowest BCUT2D eigenvalue weighted by atomic mass is 9.68. The smallest absolute Gasteiger partial charge is 0.337 e. The number of hydrogen-bond acceptors (Lipinski definition) is 6. The first-order valence-corrected chi connectivity index (χ1v) is 10.3. The third-order valence-electron chi connectivity index (χ3n) is 5.81. The van der Waals surface area contributed by atoms with E-state index in [1.165, 1.54) is 7.11 Å². The number of hydrogen-bond donors (Lipinski definition) is 1. The summed E-state index contributed by atoms with van der Waals surface area (Å²) in [5.74, 6) is -2.98. The predicted molar refractivity (Wildman–Crippen MR) is 112 cm³/mol. The molecule has 6 nitrogen and oxygen atoms in total. The number of allylic oxidation sites excluding steroid dienone is 3. The number of carbonyl (C=O) groups is 3. The molecule has 1 N–H and O–H groups in total. The third kappa shape index (κ3) is 3.78. The van der Waals surface area contributed by atoms with Gasteiger partial charge in [0.25, 0.3) is 0 Å². The number of ketones is 1. The van der Waals surface area contributed by atoms with Crippen LogP contribution >= 0.6 is 0 Å². The summed E-state index contributed by atoms with van der Waals surface area (Å²) in [6.45, 7) is 9.23. The van der Waals surface area contributed by atoms with Crippen molar-refractivity contribution in [1.82, 2.24) is 5.32 Å². The zero-order chi connectivity index (χ0) is 22.2. The standard InChI is InChI=1S/C24H29NO5/c1-12(2)30-24(28)19-15(5)25-17-11-14(4)18(23(27)29-6)22(26)21(17)20(19)16-10-8-7-9-13(16)3/h7-10,12,14,18,20,25H,11H2,1-6H3/t14-,18+,20-/m0/s1. The number of benzene rings is 1. The molecule has 2 aliphatic rings. The molecule has 1 aliphatic heterocycles. The van der Waals surface area contributed by atoms with Crippen LogP contribution in [0.4, 0.5) is 0 Å². The second kappa shape index (κ2) is 8.46. The summed E-state index contributed by atoms with van der Waals surface area (Å²) in [7, 11) is 1.29. The van der Waals surface area contributed by atoms with Crippen LogP contribution in [0.5, 0.6) is 0 Å². The summed E-state index contributed by atoms with van der Waals surface area (Å²) < 4.78 is 10.4. The van der Waals surface area contributed by atoms with E-state index in [1.807, 2.05) is 45.0 Å². The highest BCUT2D eigenvalue weighted by Gasteiger charge is 2.47. The summed E-state index contributed by atoms with van der Waals surface area (Å²) in [5.41, 5.74) is 4.11. The lowest BCUT2D eigenvalue weighted by Gasteiger charge is -2.38. The van der Waals surface area contributed by atoms with E-state index >= 15 is 0 Å². The van der Waals surface area contributed by atoms with Crippen LogP contribution in [0, 0.1) is 18.8 Å². The molecule has 0 saturated heterocycles. The van der Waals surface area contributed by atoms with Crippen LogP contribution in [0.2, 0.25) is 0 Å². The number of carbonyl (C=O) groups excluding carboxylic acids is 3. The first-order valence-electron chi connectivity index (χ1n) is 10.3. The van der Waals surface area contributed by atoms with Crippen LogP contribution in [0.25, 0.3) is 0 Å². The normalized spacial score (nSPS) is 23.8. The fraction of sp³-hybridized carbons (Fsp3) is 0.458. The van der Waals surface area contributed by atoms with Gasteiger partial charge in [-0.3, -0.25) is 9.59 Å². The average Bonchev–Trinajstić information content (AvgIpc) is 2.66. The minimum atomic E-state index is -0.886. The van der Waals surface area contributed by atoms with Gasteiger partial charge in [0, 0.05) is 22.9 Å². The highest BCUT2D eigenvalue weighted by Crippen LogP contribution is 2.46. The Hall–Kier alpha value is -2.89. The number of methoxy groups -OCH3 is 1. The monoisotopic (exact) mass is 411 g/mol. The van der Waals surface area contributed by atoms with E-state index in [2.05, 4.69) is 5.32 Å². The van der Waals surface area contributed by atoms with Crippen LogP contribution < -0.4 is 5.32 Å². The largest absolute Gasteiger partial charge is 0.468 e. The Kier molecular flexibility index (Phi) is 6.15. The zero-order valence-corrected chi connectivity index (χ0v) is 18.4. The highest BCUT2D eigenvalue weighted by atomic mass is 16.5. The fourth-order valence-corrected chi connectivity index (χ4v) is 4.45. The number of nitrogens with one attached hydrogen (secondary N) is 1. The van der Waals surface area contributed by atoms with Gasteiger partial charge < -0.3 is 14.8 Å². The van der Waals surface area contributed by atoms with Crippen molar-refractivity contribution in [3.8, 4) is 0 Å². The van der Waals surface area contributed by atoms with Gasteiger partial charge in [0.1, 0.15) is 5.92 Å². The van der Waals surface area contributed by atoms with Gasteiger partial charge in [-0.1, -0.05) is 31.2 Å². The van der Waals surface area contributed by atoms with E-state index in [4.69, 9.17) is 9.47 Å². The molecule has 0 amide bonds. The Morgan fingerprint density at radius 2 is 1.83 bits per heavy atom. The van der Waals surface area contributed by atoms with Gasteiger partial charge in [0.15, 0.2) is 5.78 Å². The molecule has 1 aromatic rings. The molecule has 0 aromatic heterocycles. The predicted octanol–water partition coefficient (Wildman–Crippen LogP) is 3.56. The van der Waals surface area contributed by atoms with Crippen molar-refractivity contribution in [2.45, 2.75) is 53.1 Å². The average molecular weight is 411 g/mol. The summed E-state index contributed by atoms with van der Waals surface area (Å²) >= 11 is 0. The molecule has 1 aromatic carbocycles. The SMILES string of the molecule is COC(=O)[C@H]1C(=O)C2=C(C[C@@H]1C)NC(C)=C(C(=O)OC(C)C)[C@@H]2c1ccccc1C. The maximum absolute atomic E-state index is 13.6. The van der Waals surface area contributed by atoms with Crippen molar-refractivity contribution >= 4 is 17.7 Å². The topological polar surface area (TPSA) is 81.7 Å². The van der Waals surface area contributed by atoms with Gasteiger partial charge in [-0.05, 0) is 51.2 Å². The van der Waals surface area contributed by atoms with Crippen LogP contribution in [-0.4, -0.2) is 30.9 Å². The van der Waals surface area contributed by atoms with E-state index in [-0.39, 0.29) is 17.8 Å². The molecule has 160 valence electrons. The first kappa shape index (κ1) is 21.8. The van der Waals surface area contributed by atoms with Crippen molar-refractivity contribution < 1.29 is 23.9 Å². The number of aryl methyl sites for hydroxylation is 1. The Morgan fingerprint density at radius 1 is 1.17 bits per heavy atom. The van der Waals surface area contributed by atoms with Gasteiger partial charge in [-0.2, -0.15) is 0 Å². The molecule has 3 atom stereocenters. The van der Waals surface area contributed by atoms with Crippen molar-refractivity contribution in [3.63, 3.8) is 0 Å². The molecule has 0 spiro atoms. The molecule has 0 radical (unpaired) electrons. The third-order valence-corrected chi connectivity index (χ3v) is 5.81. The lowest BCUT2D eigenvalue weighted by Crippen LogP contribution is -2.43. The quantitative estimate of drug-likeness (QED) is 0.603. The van der Waals surface area contributed by atoms with Crippen molar-refractivity contribution in [1.29, 1.82) is 0 Å². The second-order valence-electron chi connectivity index (χ2n) is 8.35. The summed E-state index contributed by atoms with van der Waals surface area (Å²) in [4.78, 5) is 39.1. The minimum absolute atomic E-state index is 0.203. The number of rotatable bonds is 4. The zero-order valence-electron chi connectivity index (χ0n) is 18.4. The Balaban J connectivity index is 2.21. The second-order valence-corrected chi connectivity index (χ2v) is 8.35. The van der Waals surface area contributed by atoms with E-state index in [0.717, 1.165) is 16.8 Å². The summed E-state index contributed by atoms with van der Waals surface area (Å²) in [6.07, 6.45) is 0.225. The van der Waals surface area contributed by atoms with Gasteiger partial charge in [-0.25, -0.2) is 4.79 Å². The molecule has 3 rings (SSSR count). The molecule has 1 heterocycles. The van der Waals surface area contributed by atoms with Gasteiger partial charge in [0.2, 0.25) is 0 Å². The van der Waals surface area contributed by atoms with E-state index < -0.39 is 23.8 Å².